The number of rotatable bonds is 8. The van der Waals surface area contributed by atoms with Gasteiger partial charge in [0.1, 0.15) is 0 Å². The molecule has 0 bridgehead atoms. The Morgan fingerprint density at radius 1 is 0.885 bits per heavy atom. The zero-order valence-electron chi connectivity index (χ0n) is 16.1. The largest absolute Gasteiger partial charge is 0.143 e. The fourth-order valence-electron chi connectivity index (χ4n) is 3.96. The summed E-state index contributed by atoms with van der Waals surface area (Å²) < 4.78 is 0. The first-order valence-electron chi connectivity index (χ1n) is 10.3. The van der Waals surface area contributed by atoms with Crippen molar-refractivity contribution >= 4 is 18.2 Å². The second-order valence-electron chi connectivity index (χ2n) is 7.65. The number of unbranched alkanes of at least 4 members (excludes halogenated alkanes) is 4. The average molecular weight is 365 g/mol. The van der Waals surface area contributed by atoms with Crippen LogP contribution >= 0.6 is 12.6 Å². The van der Waals surface area contributed by atoms with Crippen molar-refractivity contribution in [2.45, 2.75) is 75.5 Å². The van der Waals surface area contributed by atoms with Crippen molar-refractivity contribution in [3.8, 4) is 0 Å². The van der Waals surface area contributed by atoms with E-state index in [1.54, 1.807) is 0 Å². The molecule has 1 unspecified atom stereocenters. The summed E-state index contributed by atoms with van der Waals surface area (Å²) in [6.07, 6.45) is 14.1. The Bertz CT molecular complexity index is 694. The van der Waals surface area contributed by atoms with E-state index in [1.807, 2.05) is 0 Å². The van der Waals surface area contributed by atoms with Crippen LogP contribution in [0.2, 0.25) is 0 Å². The van der Waals surface area contributed by atoms with E-state index in [-0.39, 0.29) is 0 Å². The number of hydrogen-bond acceptors (Lipinski definition) is 1. The lowest BCUT2D eigenvalue weighted by molar-refractivity contribution is 0.623. The molecule has 1 heteroatoms. The van der Waals surface area contributed by atoms with E-state index in [0.29, 0.717) is 5.92 Å². The summed E-state index contributed by atoms with van der Waals surface area (Å²) in [5.41, 5.74) is 5.88. The Morgan fingerprint density at radius 3 is 2.27 bits per heavy atom. The van der Waals surface area contributed by atoms with Crippen molar-refractivity contribution in [1.82, 2.24) is 0 Å². The Labute approximate surface area is 165 Å². The third-order valence-electron chi connectivity index (χ3n) is 5.67. The van der Waals surface area contributed by atoms with Crippen LogP contribution in [0.1, 0.15) is 80.9 Å². The molecule has 0 saturated heterocycles. The van der Waals surface area contributed by atoms with Gasteiger partial charge in [-0.3, -0.25) is 0 Å². The van der Waals surface area contributed by atoms with Gasteiger partial charge in [0.2, 0.25) is 0 Å². The van der Waals surface area contributed by atoms with E-state index in [2.05, 4.69) is 74.2 Å². The number of allylic oxidation sites excluding steroid dienone is 2. The van der Waals surface area contributed by atoms with Gasteiger partial charge >= 0.3 is 0 Å². The minimum absolute atomic E-state index is 0.682. The van der Waals surface area contributed by atoms with Gasteiger partial charge in [0.15, 0.2) is 0 Å². The summed E-state index contributed by atoms with van der Waals surface area (Å²) in [6, 6.07) is 18.0. The molecule has 1 atom stereocenters. The van der Waals surface area contributed by atoms with Crippen molar-refractivity contribution in [1.29, 1.82) is 0 Å². The highest BCUT2D eigenvalue weighted by molar-refractivity contribution is 7.80. The molecule has 0 amide bonds. The van der Waals surface area contributed by atoms with Crippen LogP contribution in [0.25, 0.3) is 5.57 Å². The lowest BCUT2D eigenvalue weighted by Crippen LogP contribution is -2.04. The molecule has 0 saturated carbocycles. The molecule has 0 N–H and O–H groups in total. The summed E-state index contributed by atoms with van der Waals surface area (Å²) >= 11 is 4.38. The quantitative estimate of drug-likeness (QED) is 0.358. The topological polar surface area (TPSA) is 0 Å². The number of benzene rings is 2. The Balaban J connectivity index is 1.51. The highest BCUT2D eigenvalue weighted by atomic mass is 32.1. The second-order valence-corrected chi connectivity index (χ2v) is 8.17. The Hall–Kier alpha value is -1.47. The SMILES string of the molecule is CCCCCCCc1ccc(C2CC=C(c3ccc(S)cc3)CC2)cc1. The van der Waals surface area contributed by atoms with Crippen LogP contribution in [0.4, 0.5) is 0 Å². The Kier molecular flexibility index (Phi) is 7.43. The maximum Gasteiger partial charge on any atom is 0.00403 e. The normalized spacial score (nSPS) is 17.2. The monoisotopic (exact) mass is 364 g/mol. The molecule has 0 radical (unpaired) electrons. The highest BCUT2D eigenvalue weighted by Gasteiger charge is 2.17. The molecule has 2 aromatic carbocycles. The van der Waals surface area contributed by atoms with E-state index in [9.17, 15) is 0 Å². The van der Waals surface area contributed by atoms with Gasteiger partial charge in [0.05, 0.1) is 0 Å². The first-order valence-corrected chi connectivity index (χ1v) is 10.8. The van der Waals surface area contributed by atoms with Gasteiger partial charge in [-0.15, -0.1) is 12.6 Å². The molecule has 0 aromatic heterocycles. The number of hydrogen-bond donors (Lipinski definition) is 1. The van der Waals surface area contributed by atoms with Crippen LogP contribution in [-0.2, 0) is 6.42 Å². The summed E-state index contributed by atoms with van der Waals surface area (Å²) in [5.74, 6) is 0.682. The fraction of sp³-hybridized carbons (Fsp3) is 0.440. The van der Waals surface area contributed by atoms with Crippen molar-refractivity contribution in [2.24, 2.45) is 0 Å². The molecule has 2 aromatic rings. The molecule has 0 heterocycles. The third-order valence-corrected chi connectivity index (χ3v) is 5.97. The van der Waals surface area contributed by atoms with Gasteiger partial charge in [-0.05, 0) is 72.4 Å². The van der Waals surface area contributed by atoms with E-state index in [4.69, 9.17) is 0 Å². The third kappa shape index (κ3) is 5.51. The second kappa shape index (κ2) is 10.0. The van der Waals surface area contributed by atoms with E-state index < -0.39 is 0 Å². The Morgan fingerprint density at radius 2 is 1.62 bits per heavy atom. The van der Waals surface area contributed by atoms with Gasteiger partial charge < -0.3 is 0 Å². The van der Waals surface area contributed by atoms with Gasteiger partial charge in [-0.25, -0.2) is 0 Å². The van der Waals surface area contributed by atoms with Crippen LogP contribution in [0.15, 0.2) is 59.5 Å². The minimum Gasteiger partial charge on any atom is -0.143 e. The minimum atomic E-state index is 0.682. The number of aryl methyl sites for hydroxylation is 1. The van der Waals surface area contributed by atoms with Crippen LogP contribution < -0.4 is 0 Å². The summed E-state index contributed by atoms with van der Waals surface area (Å²) in [7, 11) is 0. The molecule has 0 aliphatic heterocycles. The standard InChI is InChI=1S/C25H32S/c1-2-3-4-5-6-7-20-8-10-21(11-9-20)22-12-14-23(15-13-22)24-16-18-25(26)19-17-24/h8-11,14,16-19,22,26H,2-7,12-13,15H2,1H3. The van der Waals surface area contributed by atoms with E-state index in [1.165, 1.54) is 73.6 Å². The van der Waals surface area contributed by atoms with Crippen LogP contribution in [0.3, 0.4) is 0 Å². The fourth-order valence-corrected chi connectivity index (χ4v) is 4.11. The molecule has 3 rings (SSSR count). The van der Waals surface area contributed by atoms with E-state index in [0.717, 1.165) is 11.3 Å². The lowest BCUT2D eigenvalue weighted by Gasteiger charge is -2.23. The van der Waals surface area contributed by atoms with Crippen molar-refractivity contribution < 1.29 is 0 Å². The van der Waals surface area contributed by atoms with Crippen molar-refractivity contribution in [2.75, 3.05) is 0 Å². The maximum atomic E-state index is 4.38. The van der Waals surface area contributed by atoms with Gasteiger partial charge in [0, 0.05) is 4.90 Å². The van der Waals surface area contributed by atoms with Crippen molar-refractivity contribution in [3.63, 3.8) is 0 Å². The smallest absolute Gasteiger partial charge is 0.00403 e. The highest BCUT2D eigenvalue weighted by Crippen LogP contribution is 2.36. The zero-order valence-corrected chi connectivity index (χ0v) is 17.0. The van der Waals surface area contributed by atoms with E-state index >= 15 is 0 Å². The molecule has 0 spiro atoms. The molecule has 0 nitrogen and oxygen atoms in total. The predicted octanol–water partition coefficient (Wildman–Crippen LogP) is 7.84. The molecular weight excluding hydrogens is 332 g/mol. The van der Waals surface area contributed by atoms with Crippen LogP contribution in [0.5, 0.6) is 0 Å². The maximum absolute atomic E-state index is 4.38. The van der Waals surface area contributed by atoms with Crippen LogP contribution in [0, 0.1) is 0 Å². The molecule has 1 aliphatic carbocycles. The summed E-state index contributed by atoms with van der Waals surface area (Å²) in [5, 5.41) is 0. The molecular formula is C25H32S. The molecule has 0 fully saturated rings. The summed E-state index contributed by atoms with van der Waals surface area (Å²) in [6.45, 7) is 2.28. The zero-order chi connectivity index (χ0) is 18.2. The lowest BCUT2D eigenvalue weighted by atomic mass is 9.82. The van der Waals surface area contributed by atoms with Gasteiger partial charge in [0.25, 0.3) is 0 Å². The molecule has 26 heavy (non-hydrogen) atoms. The first kappa shape index (κ1) is 19.3. The molecule has 1 aliphatic rings. The van der Waals surface area contributed by atoms with Gasteiger partial charge in [-0.2, -0.15) is 0 Å². The number of thiol groups is 1. The molecule has 138 valence electrons. The first-order chi connectivity index (χ1) is 12.8. The van der Waals surface area contributed by atoms with Gasteiger partial charge in [-0.1, -0.05) is 75.1 Å². The van der Waals surface area contributed by atoms with Crippen molar-refractivity contribution in [3.05, 3.63) is 71.3 Å². The van der Waals surface area contributed by atoms with Crippen LogP contribution in [-0.4, -0.2) is 0 Å². The average Bonchev–Trinajstić information content (AvgIpc) is 2.69. The summed E-state index contributed by atoms with van der Waals surface area (Å²) in [4.78, 5) is 1.04. The predicted molar refractivity (Wildman–Crippen MR) is 117 cm³/mol.